The molecule has 0 saturated carbocycles. The monoisotopic (exact) mass is 229 g/mol. The Balaban J connectivity index is 1.97. The third-order valence-corrected chi connectivity index (χ3v) is 2.93. The first-order valence-electron chi connectivity index (χ1n) is 4.96. The van der Waals surface area contributed by atoms with Crippen LogP contribution in [0.3, 0.4) is 0 Å². The van der Waals surface area contributed by atoms with Crippen molar-refractivity contribution in [1.82, 2.24) is 4.90 Å². The molecule has 1 saturated heterocycles. The lowest BCUT2D eigenvalue weighted by Gasteiger charge is -2.38. The first kappa shape index (κ1) is 10.9. The molecule has 0 unspecified atom stereocenters. The fourth-order valence-corrected chi connectivity index (χ4v) is 2.02. The minimum atomic E-state index is -0.216. The number of hydrogen-bond donors (Lipinski definition) is 1. The quantitative estimate of drug-likeness (QED) is 0.856. The second kappa shape index (κ2) is 4.47. The molecule has 0 spiro atoms. The van der Waals surface area contributed by atoms with Crippen LogP contribution in [0.4, 0.5) is 4.39 Å². The second-order valence-corrected chi connectivity index (χ2v) is 4.41. The van der Waals surface area contributed by atoms with Gasteiger partial charge in [0, 0.05) is 42.7 Å². The Hall–Kier alpha value is -0.640. The lowest BCUT2D eigenvalue weighted by Crippen LogP contribution is -2.47. The van der Waals surface area contributed by atoms with E-state index in [2.05, 4.69) is 4.90 Å². The maximum absolute atomic E-state index is 13.3. The maximum Gasteiger partial charge on any atom is 0.127 e. The van der Waals surface area contributed by atoms with Gasteiger partial charge < -0.3 is 5.11 Å². The Labute approximate surface area is 93.3 Å². The van der Waals surface area contributed by atoms with E-state index in [0.717, 1.165) is 13.1 Å². The zero-order chi connectivity index (χ0) is 10.8. The van der Waals surface area contributed by atoms with Crippen LogP contribution in [0.5, 0.6) is 0 Å². The summed E-state index contributed by atoms with van der Waals surface area (Å²) >= 11 is 5.79. The largest absolute Gasteiger partial charge is 0.396 e. The summed E-state index contributed by atoms with van der Waals surface area (Å²) in [5.41, 5.74) is 0.624. The van der Waals surface area contributed by atoms with Crippen molar-refractivity contribution in [2.75, 3.05) is 19.7 Å². The molecule has 0 amide bonds. The Morgan fingerprint density at radius 3 is 2.87 bits per heavy atom. The molecular formula is C11H13ClFNO. The lowest BCUT2D eigenvalue weighted by molar-refractivity contribution is 0.0471. The van der Waals surface area contributed by atoms with Crippen molar-refractivity contribution in [2.45, 2.75) is 6.54 Å². The van der Waals surface area contributed by atoms with Crippen LogP contribution in [0.15, 0.2) is 18.2 Å². The van der Waals surface area contributed by atoms with Gasteiger partial charge in [0.15, 0.2) is 0 Å². The first-order chi connectivity index (χ1) is 7.19. The van der Waals surface area contributed by atoms with Crippen molar-refractivity contribution in [3.63, 3.8) is 0 Å². The third-order valence-electron chi connectivity index (χ3n) is 2.69. The van der Waals surface area contributed by atoms with Crippen LogP contribution in [0, 0.1) is 11.7 Å². The number of likely N-dealkylation sites (tertiary alicyclic amines) is 1. The van der Waals surface area contributed by atoms with Gasteiger partial charge in [-0.2, -0.15) is 0 Å². The van der Waals surface area contributed by atoms with E-state index in [9.17, 15) is 4.39 Å². The highest BCUT2D eigenvalue weighted by Crippen LogP contribution is 2.21. The summed E-state index contributed by atoms with van der Waals surface area (Å²) in [6.45, 7) is 2.46. The molecule has 1 heterocycles. The molecule has 82 valence electrons. The summed E-state index contributed by atoms with van der Waals surface area (Å²) in [5, 5.41) is 9.41. The minimum Gasteiger partial charge on any atom is -0.396 e. The number of nitrogens with zero attached hydrogens (tertiary/aromatic N) is 1. The molecule has 1 fully saturated rings. The van der Waals surface area contributed by atoms with E-state index < -0.39 is 0 Å². The molecule has 1 aliphatic rings. The SMILES string of the molecule is OCC1CN(Cc2cc(Cl)ccc2F)C1. The molecule has 1 aromatic carbocycles. The van der Waals surface area contributed by atoms with Crippen LogP contribution in [-0.2, 0) is 6.54 Å². The highest BCUT2D eigenvalue weighted by Gasteiger charge is 2.26. The van der Waals surface area contributed by atoms with E-state index in [4.69, 9.17) is 16.7 Å². The van der Waals surface area contributed by atoms with Crippen molar-refractivity contribution in [2.24, 2.45) is 5.92 Å². The van der Waals surface area contributed by atoms with Gasteiger partial charge in [-0.3, -0.25) is 4.90 Å². The Kier molecular flexibility index (Phi) is 3.24. The molecule has 0 bridgehead atoms. The topological polar surface area (TPSA) is 23.5 Å². The molecule has 15 heavy (non-hydrogen) atoms. The van der Waals surface area contributed by atoms with Crippen LogP contribution in [0.2, 0.25) is 5.02 Å². The third kappa shape index (κ3) is 2.48. The predicted molar refractivity (Wildman–Crippen MR) is 57.3 cm³/mol. The second-order valence-electron chi connectivity index (χ2n) is 3.98. The average molecular weight is 230 g/mol. The molecule has 0 atom stereocenters. The maximum atomic E-state index is 13.3. The van der Waals surface area contributed by atoms with Crippen LogP contribution in [0.25, 0.3) is 0 Å². The van der Waals surface area contributed by atoms with Crippen molar-refractivity contribution < 1.29 is 9.50 Å². The summed E-state index contributed by atoms with van der Waals surface area (Å²) in [7, 11) is 0. The van der Waals surface area contributed by atoms with E-state index in [-0.39, 0.29) is 12.4 Å². The zero-order valence-corrected chi connectivity index (χ0v) is 9.04. The molecule has 0 radical (unpaired) electrons. The number of hydrogen-bond acceptors (Lipinski definition) is 2. The van der Waals surface area contributed by atoms with Gasteiger partial charge in [-0.1, -0.05) is 11.6 Å². The number of aliphatic hydroxyl groups is 1. The molecule has 1 N–H and O–H groups in total. The number of aliphatic hydroxyl groups excluding tert-OH is 1. The molecule has 0 aromatic heterocycles. The Bertz CT molecular complexity index is 352. The summed E-state index contributed by atoms with van der Waals surface area (Å²) in [6.07, 6.45) is 0. The fourth-order valence-electron chi connectivity index (χ4n) is 1.83. The standard InChI is InChI=1S/C11H13ClFNO/c12-10-1-2-11(13)9(3-10)6-14-4-8(5-14)7-15/h1-3,8,15H,4-7H2. The van der Waals surface area contributed by atoms with Crippen molar-refractivity contribution in [1.29, 1.82) is 0 Å². The average Bonchev–Trinajstić information content (AvgIpc) is 2.16. The van der Waals surface area contributed by atoms with Gasteiger partial charge in [-0.25, -0.2) is 4.39 Å². The van der Waals surface area contributed by atoms with Crippen molar-refractivity contribution in [3.05, 3.63) is 34.6 Å². The summed E-state index contributed by atoms with van der Waals surface area (Å²) in [6, 6.07) is 4.59. The zero-order valence-electron chi connectivity index (χ0n) is 8.29. The van der Waals surface area contributed by atoms with Crippen LogP contribution >= 0.6 is 11.6 Å². The van der Waals surface area contributed by atoms with E-state index in [1.165, 1.54) is 6.07 Å². The molecule has 2 nitrogen and oxygen atoms in total. The molecule has 2 rings (SSSR count). The van der Waals surface area contributed by atoms with Crippen molar-refractivity contribution in [3.8, 4) is 0 Å². The normalized spacial score (nSPS) is 17.8. The number of halogens is 2. The molecule has 4 heteroatoms. The van der Waals surface area contributed by atoms with Gasteiger partial charge in [0.25, 0.3) is 0 Å². The van der Waals surface area contributed by atoms with E-state index in [1.54, 1.807) is 12.1 Å². The molecule has 1 aromatic rings. The number of rotatable bonds is 3. The van der Waals surface area contributed by atoms with Gasteiger partial charge in [0.2, 0.25) is 0 Å². The molecular weight excluding hydrogens is 217 g/mol. The number of benzene rings is 1. The van der Waals surface area contributed by atoms with Gasteiger partial charge >= 0.3 is 0 Å². The van der Waals surface area contributed by atoms with Crippen LogP contribution in [-0.4, -0.2) is 29.7 Å². The minimum absolute atomic E-state index is 0.216. The highest BCUT2D eigenvalue weighted by molar-refractivity contribution is 6.30. The smallest absolute Gasteiger partial charge is 0.127 e. The molecule has 1 aliphatic heterocycles. The molecule has 0 aliphatic carbocycles. The van der Waals surface area contributed by atoms with E-state index >= 15 is 0 Å². The summed E-state index contributed by atoms with van der Waals surface area (Å²) in [5.74, 6) is 0.138. The Morgan fingerprint density at radius 2 is 2.20 bits per heavy atom. The van der Waals surface area contributed by atoms with Crippen LogP contribution in [0.1, 0.15) is 5.56 Å². The van der Waals surface area contributed by atoms with Gasteiger partial charge in [-0.15, -0.1) is 0 Å². The van der Waals surface area contributed by atoms with Crippen molar-refractivity contribution >= 4 is 11.6 Å². The van der Waals surface area contributed by atoms with Crippen LogP contribution < -0.4 is 0 Å². The summed E-state index contributed by atoms with van der Waals surface area (Å²) in [4.78, 5) is 2.09. The predicted octanol–water partition coefficient (Wildman–Crippen LogP) is 1.90. The van der Waals surface area contributed by atoms with Gasteiger partial charge in [-0.05, 0) is 18.2 Å². The summed E-state index contributed by atoms with van der Waals surface area (Å²) < 4.78 is 13.3. The van der Waals surface area contributed by atoms with Gasteiger partial charge in [0.1, 0.15) is 5.82 Å². The first-order valence-corrected chi connectivity index (χ1v) is 5.34. The van der Waals surface area contributed by atoms with E-state index in [1.807, 2.05) is 0 Å². The Morgan fingerprint density at radius 1 is 1.47 bits per heavy atom. The van der Waals surface area contributed by atoms with Gasteiger partial charge in [0.05, 0.1) is 0 Å². The highest BCUT2D eigenvalue weighted by atomic mass is 35.5. The van der Waals surface area contributed by atoms with E-state index in [0.29, 0.717) is 23.0 Å². The fraction of sp³-hybridized carbons (Fsp3) is 0.455. The lowest BCUT2D eigenvalue weighted by atomic mass is 10.0.